The lowest BCUT2D eigenvalue weighted by Gasteiger charge is -2.03. The number of unbranched alkanes of at least 4 members (excludes halogenated alkanes) is 15. The van der Waals surface area contributed by atoms with E-state index in [-0.39, 0.29) is 0 Å². The van der Waals surface area contributed by atoms with Crippen LogP contribution in [0.2, 0.25) is 0 Å². The van der Waals surface area contributed by atoms with Gasteiger partial charge < -0.3 is 5.73 Å². The zero-order valence-electron chi connectivity index (χ0n) is 17.7. The minimum absolute atomic E-state index is 0.868. The first-order valence-corrected chi connectivity index (χ1v) is 11.6. The summed E-state index contributed by atoms with van der Waals surface area (Å²) >= 11 is 0. The molecule has 0 saturated heterocycles. The van der Waals surface area contributed by atoms with Crippen LogP contribution in [0.25, 0.3) is 0 Å². The Morgan fingerprint density at radius 2 is 0.880 bits per heavy atom. The summed E-state index contributed by atoms with van der Waals surface area (Å²) in [5.41, 5.74) is 5.51. The third kappa shape index (κ3) is 23.7. The third-order valence-corrected chi connectivity index (χ3v) is 5.14. The highest BCUT2D eigenvalue weighted by molar-refractivity contribution is 4.81. The van der Waals surface area contributed by atoms with Gasteiger partial charge in [-0.2, -0.15) is 0 Å². The summed E-state index contributed by atoms with van der Waals surface area (Å²) in [4.78, 5) is 0. The van der Waals surface area contributed by atoms with Gasteiger partial charge in [0.25, 0.3) is 0 Å². The summed E-state index contributed by atoms with van der Waals surface area (Å²) in [5.74, 6) is 0.884. The van der Waals surface area contributed by atoms with Crippen LogP contribution in [0.1, 0.15) is 129 Å². The van der Waals surface area contributed by atoms with Gasteiger partial charge in [-0.3, -0.25) is 0 Å². The first-order valence-electron chi connectivity index (χ1n) is 11.6. The van der Waals surface area contributed by atoms with Gasteiger partial charge in [0.05, 0.1) is 0 Å². The van der Waals surface area contributed by atoms with E-state index in [1.165, 1.54) is 116 Å². The molecule has 0 aliphatic carbocycles. The average Bonchev–Trinajstić information content (AvgIpc) is 2.60. The minimum atomic E-state index is 0.868. The van der Waals surface area contributed by atoms with Gasteiger partial charge in [-0.1, -0.05) is 109 Å². The van der Waals surface area contributed by atoms with Crippen molar-refractivity contribution in [3.8, 4) is 0 Å². The Hall–Kier alpha value is -0.300. The topological polar surface area (TPSA) is 26.0 Å². The predicted octanol–water partition coefficient (Wildman–Crippen LogP) is 8.18. The average molecular weight is 352 g/mol. The third-order valence-electron chi connectivity index (χ3n) is 5.14. The van der Waals surface area contributed by atoms with E-state index in [0.717, 1.165) is 12.5 Å². The lowest BCUT2D eigenvalue weighted by molar-refractivity contribution is 0.516. The van der Waals surface area contributed by atoms with Crippen molar-refractivity contribution in [2.45, 2.75) is 129 Å². The molecule has 0 radical (unpaired) electrons. The van der Waals surface area contributed by atoms with Crippen LogP contribution in [0.4, 0.5) is 0 Å². The second-order valence-electron chi connectivity index (χ2n) is 8.32. The van der Waals surface area contributed by atoms with Crippen LogP contribution >= 0.6 is 0 Å². The molecule has 0 atom stereocenters. The van der Waals surface area contributed by atoms with E-state index in [1.54, 1.807) is 0 Å². The summed E-state index contributed by atoms with van der Waals surface area (Å²) in [6, 6.07) is 0. The normalized spacial score (nSPS) is 11.8. The van der Waals surface area contributed by atoms with Crippen LogP contribution in [0, 0.1) is 5.92 Å². The van der Waals surface area contributed by atoms with Crippen molar-refractivity contribution < 1.29 is 0 Å². The van der Waals surface area contributed by atoms with E-state index >= 15 is 0 Å². The van der Waals surface area contributed by atoms with Gasteiger partial charge in [0.1, 0.15) is 0 Å². The Balaban J connectivity index is 3.06. The quantitative estimate of drug-likeness (QED) is 0.174. The zero-order chi connectivity index (χ0) is 18.4. The molecule has 150 valence electrons. The van der Waals surface area contributed by atoms with Crippen molar-refractivity contribution in [2.75, 3.05) is 6.54 Å². The van der Waals surface area contributed by atoms with E-state index in [1.807, 2.05) is 0 Å². The zero-order valence-corrected chi connectivity index (χ0v) is 17.7. The Labute approximate surface area is 160 Å². The SMILES string of the molecule is CC(C)CCCCCCCC=CCCCCCCCCCCCCN. The van der Waals surface area contributed by atoms with Crippen LogP contribution in [0.3, 0.4) is 0 Å². The molecule has 0 aromatic heterocycles. The summed E-state index contributed by atoms with van der Waals surface area (Å²) in [7, 11) is 0. The number of nitrogens with two attached hydrogens (primary N) is 1. The second kappa shape index (κ2) is 21.7. The molecule has 0 aromatic carbocycles. The van der Waals surface area contributed by atoms with E-state index in [2.05, 4.69) is 26.0 Å². The highest BCUT2D eigenvalue weighted by Gasteiger charge is 1.94. The first kappa shape index (κ1) is 24.7. The highest BCUT2D eigenvalue weighted by atomic mass is 14.5. The van der Waals surface area contributed by atoms with E-state index in [4.69, 9.17) is 5.73 Å². The fourth-order valence-electron chi connectivity index (χ4n) is 3.40. The summed E-state index contributed by atoms with van der Waals surface area (Å²) in [6.07, 6.45) is 29.9. The Bertz CT molecular complexity index is 257. The number of allylic oxidation sites excluding steroid dienone is 2. The van der Waals surface area contributed by atoms with Gasteiger partial charge in [0, 0.05) is 0 Å². The molecule has 25 heavy (non-hydrogen) atoms. The maximum absolute atomic E-state index is 5.51. The molecular formula is C24H49N. The predicted molar refractivity (Wildman–Crippen MR) is 116 cm³/mol. The molecule has 1 nitrogen and oxygen atoms in total. The maximum Gasteiger partial charge on any atom is -0.00773 e. The number of hydrogen-bond acceptors (Lipinski definition) is 1. The lowest BCUT2D eigenvalue weighted by Crippen LogP contribution is -1.97. The van der Waals surface area contributed by atoms with Crippen molar-refractivity contribution in [1.82, 2.24) is 0 Å². The lowest BCUT2D eigenvalue weighted by atomic mass is 10.0. The van der Waals surface area contributed by atoms with Crippen molar-refractivity contribution in [2.24, 2.45) is 11.7 Å². The summed E-state index contributed by atoms with van der Waals surface area (Å²) < 4.78 is 0. The molecule has 0 aliphatic rings. The van der Waals surface area contributed by atoms with Crippen LogP contribution in [-0.4, -0.2) is 6.54 Å². The molecule has 0 aromatic rings. The molecule has 0 heterocycles. The molecule has 0 aliphatic heterocycles. The van der Waals surface area contributed by atoms with Crippen molar-refractivity contribution in [3.63, 3.8) is 0 Å². The molecule has 0 saturated carbocycles. The Morgan fingerprint density at radius 1 is 0.520 bits per heavy atom. The van der Waals surface area contributed by atoms with Gasteiger partial charge in [-0.15, -0.1) is 0 Å². The van der Waals surface area contributed by atoms with Crippen LogP contribution in [0.5, 0.6) is 0 Å². The molecule has 2 N–H and O–H groups in total. The molecule has 0 unspecified atom stereocenters. The monoisotopic (exact) mass is 351 g/mol. The largest absolute Gasteiger partial charge is 0.330 e. The molecule has 0 bridgehead atoms. The second-order valence-corrected chi connectivity index (χ2v) is 8.32. The van der Waals surface area contributed by atoms with E-state index in [0.29, 0.717) is 0 Å². The smallest absolute Gasteiger partial charge is 0.00773 e. The van der Waals surface area contributed by atoms with Crippen molar-refractivity contribution in [3.05, 3.63) is 12.2 Å². The molecule has 0 fully saturated rings. The number of rotatable bonds is 20. The van der Waals surface area contributed by atoms with Crippen LogP contribution in [0.15, 0.2) is 12.2 Å². The molecule has 0 rings (SSSR count). The first-order chi connectivity index (χ1) is 12.3. The van der Waals surface area contributed by atoms with E-state index in [9.17, 15) is 0 Å². The van der Waals surface area contributed by atoms with Crippen molar-refractivity contribution >= 4 is 0 Å². The Kier molecular flexibility index (Phi) is 21.5. The van der Waals surface area contributed by atoms with Gasteiger partial charge >= 0.3 is 0 Å². The molecule has 1 heteroatoms. The fourth-order valence-corrected chi connectivity index (χ4v) is 3.40. The van der Waals surface area contributed by atoms with Crippen molar-refractivity contribution in [1.29, 1.82) is 0 Å². The summed E-state index contributed by atoms with van der Waals surface area (Å²) in [5, 5.41) is 0. The molecule has 0 amide bonds. The fraction of sp³-hybridized carbons (Fsp3) is 0.917. The highest BCUT2D eigenvalue weighted by Crippen LogP contribution is 2.13. The van der Waals surface area contributed by atoms with Gasteiger partial charge in [-0.05, 0) is 44.6 Å². The van der Waals surface area contributed by atoms with Crippen LogP contribution in [-0.2, 0) is 0 Å². The van der Waals surface area contributed by atoms with E-state index < -0.39 is 0 Å². The molecular weight excluding hydrogens is 302 g/mol. The Morgan fingerprint density at radius 3 is 1.28 bits per heavy atom. The van der Waals surface area contributed by atoms with Gasteiger partial charge in [0.2, 0.25) is 0 Å². The summed E-state index contributed by atoms with van der Waals surface area (Å²) in [6.45, 7) is 5.53. The standard InChI is InChI=1S/C24H49N/c1-24(2)22-20-18-16-14-12-10-8-6-4-3-5-7-9-11-13-15-17-19-21-23-25/h6,8,24H,3-5,7,9-23,25H2,1-2H3. The van der Waals surface area contributed by atoms with Crippen LogP contribution < -0.4 is 5.73 Å². The minimum Gasteiger partial charge on any atom is -0.330 e. The maximum atomic E-state index is 5.51. The van der Waals surface area contributed by atoms with Gasteiger partial charge in [0.15, 0.2) is 0 Å². The molecule has 0 spiro atoms. The number of hydrogen-bond donors (Lipinski definition) is 1. The van der Waals surface area contributed by atoms with Gasteiger partial charge in [-0.25, -0.2) is 0 Å².